The maximum atomic E-state index is 10.5. The molecule has 0 radical (unpaired) electrons. The van der Waals surface area contributed by atoms with Gasteiger partial charge in [-0.05, 0) is 0 Å². The highest BCUT2D eigenvalue weighted by Crippen LogP contribution is 1.90. The molecule has 10 heavy (non-hydrogen) atoms. The van der Waals surface area contributed by atoms with E-state index < -0.39 is 14.8 Å². The molecular formula is C4H7NO4S. The Bertz CT molecular complexity index is 240. The van der Waals surface area contributed by atoms with Crippen molar-refractivity contribution in [2.24, 2.45) is 0 Å². The molecule has 58 valence electrons. The van der Waals surface area contributed by atoms with Crippen molar-refractivity contribution in [3.8, 4) is 0 Å². The van der Waals surface area contributed by atoms with Gasteiger partial charge in [-0.1, -0.05) is 6.92 Å². The molecular weight excluding hydrogens is 158 g/mol. The molecule has 0 rings (SSSR count). The van der Waals surface area contributed by atoms with E-state index in [1.807, 2.05) is 0 Å². The second-order valence-electron chi connectivity index (χ2n) is 1.52. The van der Waals surface area contributed by atoms with Crippen LogP contribution < -0.4 is 0 Å². The average Bonchev–Trinajstić information content (AvgIpc) is 1.85. The van der Waals surface area contributed by atoms with Crippen molar-refractivity contribution < 1.29 is 13.3 Å². The Labute approximate surface area is 58.4 Å². The molecule has 0 aliphatic heterocycles. The normalized spacial score (nSPS) is 12.1. The van der Waals surface area contributed by atoms with Gasteiger partial charge >= 0.3 is 0 Å². The summed E-state index contributed by atoms with van der Waals surface area (Å²) in [5, 5.41) is 10.2. The van der Waals surface area contributed by atoms with Crippen molar-refractivity contribution in [1.29, 1.82) is 0 Å². The fraction of sp³-hybridized carbons (Fsp3) is 0.500. The van der Waals surface area contributed by atoms with Gasteiger partial charge in [0.25, 0.3) is 0 Å². The van der Waals surface area contributed by atoms with Crippen LogP contribution in [0.3, 0.4) is 0 Å². The molecule has 0 saturated carbocycles. The number of nitrogens with zero attached hydrogens (tertiary/aromatic N) is 1. The quantitative estimate of drug-likeness (QED) is 0.441. The summed E-state index contributed by atoms with van der Waals surface area (Å²) in [5.41, 5.74) is 0. The maximum Gasteiger partial charge on any atom is 0.245 e. The summed E-state index contributed by atoms with van der Waals surface area (Å²) in [6, 6.07) is 0. The van der Waals surface area contributed by atoms with E-state index in [4.69, 9.17) is 0 Å². The van der Waals surface area contributed by atoms with Crippen LogP contribution in [0.5, 0.6) is 0 Å². The molecule has 0 aliphatic carbocycles. The number of sulfone groups is 1. The molecule has 0 aromatic heterocycles. The topological polar surface area (TPSA) is 77.3 Å². The highest BCUT2D eigenvalue weighted by atomic mass is 32.2. The van der Waals surface area contributed by atoms with Gasteiger partial charge in [0, 0.05) is 0 Å². The zero-order valence-electron chi connectivity index (χ0n) is 5.35. The predicted octanol–water partition coefficient (Wildman–Crippen LogP) is 0.169. The Morgan fingerprint density at radius 1 is 1.60 bits per heavy atom. The predicted molar refractivity (Wildman–Crippen MR) is 35.6 cm³/mol. The first kappa shape index (κ1) is 9.09. The number of hydrogen-bond donors (Lipinski definition) is 0. The lowest BCUT2D eigenvalue weighted by molar-refractivity contribution is -0.402. The van der Waals surface area contributed by atoms with E-state index in [-0.39, 0.29) is 5.75 Å². The van der Waals surface area contributed by atoms with E-state index in [0.29, 0.717) is 11.6 Å². The molecule has 0 amide bonds. The van der Waals surface area contributed by atoms with Crippen LogP contribution in [-0.2, 0) is 9.84 Å². The summed E-state index contributed by atoms with van der Waals surface area (Å²) in [5.74, 6) is -0.114. The van der Waals surface area contributed by atoms with Crippen molar-refractivity contribution in [2.45, 2.75) is 6.92 Å². The molecule has 0 saturated heterocycles. The van der Waals surface area contributed by atoms with Gasteiger partial charge in [-0.15, -0.1) is 0 Å². The van der Waals surface area contributed by atoms with Gasteiger partial charge in [-0.3, -0.25) is 10.1 Å². The molecule has 0 spiro atoms. The number of nitro groups is 1. The van der Waals surface area contributed by atoms with E-state index in [0.717, 1.165) is 0 Å². The summed E-state index contributed by atoms with van der Waals surface area (Å²) in [6.45, 7) is 1.42. The Hall–Kier alpha value is -0.910. The standard InChI is InChI=1S/C4H7NO4S/c1-2-10(8,9)4-3-5(6)7/h3-4H,2H2,1H3. The van der Waals surface area contributed by atoms with Crippen LogP contribution in [0.2, 0.25) is 0 Å². The molecule has 5 nitrogen and oxygen atoms in total. The Balaban J connectivity index is 4.29. The Morgan fingerprint density at radius 2 is 2.10 bits per heavy atom. The van der Waals surface area contributed by atoms with Crippen molar-refractivity contribution in [1.82, 2.24) is 0 Å². The Kier molecular flexibility index (Phi) is 3.01. The van der Waals surface area contributed by atoms with Gasteiger partial charge in [0.05, 0.1) is 10.7 Å². The van der Waals surface area contributed by atoms with E-state index in [1.165, 1.54) is 6.92 Å². The Morgan fingerprint density at radius 3 is 2.40 bits per heavy atom. The third-order valence-corrected chi connectivity index (χ3v) is 2.13. The van der Waals surface area contributed by atoms with Crippen molar-refractivity contribution in [3.05, 3.63) is 21.7 Å². The first-order valence-corrected chi connectivity index (χ1v) is 4.24. The summed E-state index contributed by atoms with van der Waals surface area (Å²) in [4.78, 5) is 8.80. The molecule has 0 aromatic rings. The second-order valence-corrected chi connectivity index (χ2v) is 3.70. The highest BCUT2D eigenvalue weighted by Gasteiger charge is 2.02. The van der Waals surface area contributed by atoms with E-state index in [1.54, 1.807) is 0 Å². The van der Waals surface area contributed by atoms with Gasteiger partial charge in [0.1, 0.15) is 5.41 Å². The lowest BCUT2D eigenvalue weighted by Crippen LogP contribution is -1.98. The van der Waals surface area contributed by atoms with Crippen LogP contribution in [0.15, 0.2) is 11.6 Å². The fourth-order valence-electron chi connectivity index (χ4n) is 0.239. The number of hydrogen-bond acceptors (Lipinski definition) is 4. The molecule has 0 aliphatic rings. The molecule has 0 unspecified atom stereocenters. The molecule has 0 aromatic carbocycles. The first-order valence-electron chi connectivity index (χ1n) is 2.52. The summed E-state index contributed by atoms with van der Waals surface area (Å²) in [6.07, 6.45) is 0.416. The fourth-order valence-corrected chi connectivity index (χ4v) is 0.716. The van der Waals surface area contributed by atoms with Crippen molar-refractivity contribution in [2.75, 3.05) is 5.75 Å². The van der Waals surface area contributed by atoms with Gasteiger partial charge in [-0.25, -0.2) is 8.42 Å². The summed E-state index contributed by atoms with van der Waals surface area (Å²) >= 11 is 0. The second kappa shape index (κ2) is 3.31. The minimum Gasteiger partial charge on any atom is -0.259 e. The van der Waals surface area contributed by atoms with Gasteiger partial charge in [-0.2, -0.15) is 0 Å². The van der Waals surface area contributed by atoms with Crippen molar-refractivity contribution >= 4 is 9.84 Å². The van der Waals surface area contributed by atoms with Crippen LogP contribution in [0.1, 0.15) is 6.92 Å². The van der Waals surface area contributed by atoms with Crippen LogP contribution in [-0.4, -0.2) is 19.1 Å². The van der Waals surface area contributed by atoms with Gasteiger partial charge in [0.15, 0.2) is 9.84 Å². The molecule has 0 fully saturated rings. The lowest BCUT2D eigenvalue weighted by Gasteiger charge is -1.85. The molecule has 0 heterocycles. The molecule has 0 N–H and O–H groups in total. The zero-order chi connectivity index (χ0) is 8.20. The molecule has 0 bridgehead atoms. The minimum atomic E-state index is -3.34. The third-order valence-electron chi connectivity index (χ3n) is 0.792. The summed E-state index contributed by atoms with van der Waals surface area (Å²) < 4.78 is 21.0. The number of rotatable bonds is 3. The smallest absolute Gasteiger partial charge is 0.245 e. The summed E-state index contributed by atoms with van der Waals surface area (Å²) in [7, 11) is -3.34. The SMILES string of the molecule is CCS(=O)(=O)C=C[N+](=O)[O-]. The van der Waals surface area contributed by atoms with Crippen LogP contribution in [0, 0.1) is 10.1 Å². The van der Waals surface area contributed by atoms with Crippen LogP contribution >= 0.6 is 0 Å². The van der Waals surface area contributed by atoms with E-state index in [2.05, 4.69) is 0 Å². The van der Waals surface area contributed by atoms with E-state index in [9.17, 15) is 18.5 Å². The third kappa shape index (κ3) is 4.02. The van der Waals surface area contributed by atoms with Gasteiger partial charge in [0.2, 0.25) is 6.20 Å². The first-order chi connectivity index (χ1) is 4.48. The van der Waals surface area contributed by atoms with Crippen molar-refractivity contribution in [3.63, 3.8) is 0 Å². The molecule has 6 heteroatoms. The van der Waals surface area contributed by atoms with Gasteiger partial charge < -0.3 is 0 Å². The zero-order valence-corrected chi connectivity index (χ0v) is 6.17. The lowest BCUT2D eigenvalue weighted by atomic mass is 11.0. The monoisotopic (exact) mass is 165 g/mol. The van der Waals surface area contributed by atoms with Crippen LogP contribution in [0.25, 0.3) is 0 Å². The largest absolute Gasteiger partial charge is 0.259 e. The molecule has 0 atom stereocenters. The minimum absolute atomic E-state index is 0.114. The van der Waals surface area contributed by atoms with Crippen LogP contribution in [0.4, 0.5) is 0 Å². The maximum absolute atomic E-state index is 10.5. The highest BCUT2D eigenvalue weighted by molar-refractivity contribution is 7.94. The average molecular weight is 165 g/mol. The van der Waals surface area contributed by atoms with E-state index >= 15 is 0 Å².